The summed E-state index contributed by atoms with van der Waals surface area (Å²) < 4.78 is 6.13. The lowest BCUT2D eigenvalue weighted by Gasteiger charge is -2.13. The number of nitrogens with zero attached hydrogens (tertiary/aromatic N) is 1. The minimum Gasteiger partial charge on any atom is -0.490 e. The van der Waals surface area contributed by atoms with E-state index in [-0.39, 0.29) is 11.4 Å². The summed E-state index contributed by atoms with van der Waals surface area (Å²) in [5.74, 6) is -0.266. The molecule has 0 atom stereocenters. The zero-order chi connectivity index (χ0) is 20.8. The van der Waals surface area contributed by atoms with Crippen LogP contribution in [0, 0.1) is 0 Å². The lowest BCUT2D eigenvalue weighted by molar-refractivity contribution is -0.127. The van der Waals surface area contributed by atoms with Crippen LogP contribution in [0.5, 0.6) is 5.75 Å². The molecule has 0 aromatic heterocycles. The van der Waals surface area contributed by atoms with Crippen molar-refractivity contribution >= 4 is 56.5 Å². The van der Waals surface area contributed by atoms with Gasteiger partial charge in [-0.15, -0.1) is 0 Å². The van der Waals surface area contributed by atoms with Gasteiger partial charge in [0.2, 0.25) is 5.91 Å². The second-order valence-corrected chi connectivity index (χ2v) is 7.81. The first-order valence-electron chi connectivity index (χ1n) is 8.61. The van der Waals surface area contributed by atoms with Crippen LogP contribution in [0.1, 0.15) is 5.56 Å². The third kappa shape index (κ3) is 5.36. The Morgan fingerprint density at radius 1 is 1.17 bits per heavy atom. The molecule has 0 unspecified atom stereocenters. The number of nitrogens with one attached hydrogen (secondary N) is 1. The maximum absolute atomic E-state index is 12.6. The number of imide groups is 1. The first kappa shape index (κ1) is 20.9. The van der Waals surface area contributed by atoms with Gasteiger partial charge in [-0.1, -0.05) is 36.9 Å². The maximum Gasteiger partial charge on any atom is 0.294 e. The van der Waals surface area contributed by atoms with Crippen LogP contribution in [0.2, 0.25) is 0 Å². The van der Waals surface area contributed by atoms with Gasteiger partial charge in [0.1, 0.15) is 18.9 Å². The molecule has 0 spiro atoms. The lowest BCUT2D eigenvalue weighted by Crippen LogP contribution is -2.36. The Morgan fingerprint density at radius 3 is 2.59 bits per heavy atom. The zero-order valence-electron chi connectivity index (χ0n) is 15.3. The molecule has 1 aliphatic rings. The average Bonchev–Trinajstić information content (AvgIpc) is 2.96. The van der Waals surface area contributed by atoms with Gasteiger partial charge < -0.3 is 10.1 Å². The molecular weight excluding hydrogens is 456 g/mol. The second kappa shape index (κ2) is 9.58. The summed E-state index contributed by atoms with van der Waals surface area (Å²) in [5, 5.41) is 2.21. The number of rotatable bonds is 7. The predicted octanol–water partition coefficient (Wildman–Crippen LogP) is 4.69. The molecule has 2 aromatic rings. The van der Waals surface area contributed by atoms with Gasteiger partial charge >= 0.3 is 0 Å². The fourth-order valence-electron chi connectivity index (χ4n) is 2.50. The Morgan fingerprint density at radius 2 is 1.90 bits per heavy atom. The molecule has 6 nitrogen and oxygen atoms in total. The standard InChI is InChI=1S/C21H17BrN2O4S/c1-2-11-28-15-9-7-14(8-10-15)12-18-20(26)24(21(27)29-18)13-19(25)23-17-6-4-3-5-16(17)22/h2-10,12H,1,11,13H2,(H,23,25)/b18-12+. The predicted molar refractivity (Wildman–Crippen MR) is 118 cm³/mol. The third-order valence-electron chi connectivity index (χ3n) is 3.87. The molecule has 1 fully saturated rings. The number of amides is 3. The van der Waals surface area contributed by atoms with Crippen molar-refractivity contribution in [3.8, 4) is 5.75 Å². The maximum atomic E-state index is 12.6. The molecule has 1 N–H and O–H groups in total. The van der Waals surface area contributed by atoms with Crippen molar-refractivity contribution in [2.24, 2.45) is 0 Å². The van der Waals surface area contributed by atoms with E-state index in [4.69, 9.17) is 4.74 Å². The normalized spacial score (nSPS) is 14.9. The van der Waals surface area contributed by atoms with E-state index in [0.717, 1.165) is 22.2 Å². The van der Waals surface area contributed by atoms with Crippen LogP contribution in [0.3, 0.4) is 0 Å². The van der Waals surface area contributed by atoms with Gasteiger partial charge in [-0.3, -0.25) is 19.3 Å². The van der Waals surface area contributed by atoms with E-state index < -0.39 is 17.1 Å². The monoisotopic (exact) mass is 472 g/mol. The third-order valence-corrected chi connectivity index (χ3v) is 5.47. The van der Waals surface area contributed by atoms with E-state index in [9.17, 15) is 14.4 Å². The molecule has 3 rings (SSSR count). The number of benzene rings is 2. The largest absolute Gasteiger partial charge is 0.490 e. The molecule has 148 valence electrons. The molecule has 0 saturated carbocycles. The number of halogens is 1. The summed E-state index contributed by atoms with van der Waals surface area (Å²) in [5.41, 5.74) is 1.32. The van der Waals surface area contributed by atoms with Crippen molar-refractivity contribution in [1.82, 2.24) is 4.90 Å². The zero-order valence-corrected chi connectivity index (χ0v) is 17.7. The minimum absolute atomic E-state index is 0.267. The van der Waals surface area contributed by atoms with Crippen molar-refractivity contribution < 1.29 is 19.1 Å². The molecule has 1 saturated heterocycles. The fraction of sp³-hybridized carbons (Fsp3) is 0.0952. The summed E-state index contributed by atoms with van der Waals surface area (Å²) in [6.07, 6.45) is 3.27. The highest BCUT2D eigenvalue weighted by Gasteiger charge is 2.36. The number of thioether (sulfide) groups is 1. The van der Waals surface area contributed by atoms with Crippen LogP contribution in [0.4, 0.5) is 10.5 Å². The van der Waals surface area contributed by atoms with Gasteiger partial charge in [0, 0.05) is 4.47 Å². The Bertz CT molecular complexity index is 988. The molecule has 0 radical (unpaired) electrons. The number of hydrogen-bond acceptors (Lipinski definition) is 5. The van der Waals surface area contributed by atoms with Gasteiger partial charge in [0.15, 0.2) is 0 Å². The highest BCUT2D eigenvalue weighted by molar-refractivity contribution is 9.10. The number of carbonyl (C=O) groups excluding carboxylic acids is 3. The first-order valence-corrected chi connectivity index (χ1v) is 10.2. The van der Waals surface area contributed by atoms with Crippen molar-refractivity contribution in [1.29, 1.82) is 0 Å². The number of carbonyl (C=O) groups is 3. The van der Waals surface area contributed by atoms with Crippen molar-refractivity contribution in [3.63, 3.8) is 0 Å². The van der Waals surface area contributed by atoms with Gasteiger partial charge in [0.25, 0.3) is 11.1 Å². The van der Waals surface area contributed by atoms with E-state index in [1.165, 1.54) is 0 Å². The minimum atomic E-state index is -0.491. The van der Waals surface area contributed by atoms with Gasteiger partial charge in [0.05, 0.1) is 10.6 Å². The summed E-state index contributed by atoms with van der Waals surface area (Å²) in [7, 11) is 0. The average molecular weight is 473 g/mol. The van der Waals surface area contributed by atoms with E-state index in [2.05, 4.69) is 27.8 Å². The Balaban J connectivity index is 1.66. The van der Waals surface area contributed by atoms with Crippen molar-refractivity contribution in [2.75, 3.05) is 18.5 Å². The Hall–Kier alpha value is -2.84. The second-order valence-electron chi connectivity index (χ2n) is 5.96. The molecular formula is C21H17BrN2O4S. The summed E-state index contributed by atoms with van der Waals surface area (Å²) in [6, 6.07) is 14.2. The number of ether oxygens (including phenoxy) is 1. The first-order chi connectivity index (χ1) is 14.0. The molecule has 29 heavy (non-hydrogen) atoms. The number of hydrogen-bond donors (Lipinski definition) is 1. The van der Waals surface area contributed by atoms with Gasteiger partial charge in [-0.2, -0.15) is 0 Å². The molecule has 0 aliphatic carbocycles. The van der Waals surface area contributed by atoms with Gasteiger partial charge in [-0.25, -0.2) is 0 Å². The van der Waals surface area contributed by atoms with Crippen LogP contribution < -0.4 is 10.1 Å². The smallest absolute Gasteiger partial charge is 0.294 e. The van der Waals surface area contributed by atoms with E-state index in [0.29, 0.717) is 22.5 Å². The molecule has 1 heterocycles. The summed E-state index contributed by atoms with van der Waals surface area (Å²) in [4.78, 5) is 38.3. The topological polar surface area (TPSA) is 75.7 Å². The summed E-state index contributed by atoms with van der Waals surface area (Å²) in [6.45, 7) is 3.64. The van der Waals surface area contributed by atoms with Crippen LogP contribution in [-0.4, -0.2) is 35.1 Å². The molecule has 3 amide bonds. The quantitative estimate of drug-likeness (QED) is 0.467. The van der Waals surface area contributed by atoms with Crippen molar-refractivity contribution in [3.05, 3.63) is 76.1 Å². The van der Waals surface area contributed by atoms with E-state index in [1.807, 2.05) is 6.07 Å². The van der Waals surface area contributed by atoms with Crippen LogP contribution in [0.25, 0.3) is 6.08 Å². The number of anilines is 1. The van der Waals surface area contributed by atoms with E-state index >= 15 is 0 Å². The fourth-order valence-corrected chi connectivity index (χ4v) is 3.72. The van der Waals surface area contributed by atoms with Crippen LogP contribution in [-0.2, 0) is 9.59 Å². The van der Waals surface area contributed by atoms with Gasteiger partial charge in [-0.05, 0) is 63.6 Å². The molecule has 2 aromatic carbocycles. The highest BCUT2D eigenvalue weighted by atomic mass is 79.9. The van der Waals surface area contributed by atoms with Crippen LogP contribution >= 0.6 is 27.7 Å². The molecule has 0 bridgehead atoms. The number of para-hydroxylation sites is 1. The van der Waals surface area contributed by atoms with Crippen LogP contribution in [0.15, 0.2) is 70.6 Å². The highest BCUT2D eigenvalue weighted by Crippen LogP contribution is 2.32. The molecule has 1 aliphatic heterocycles. The lowest BCUT2D eigenvalue weighted by atomic mass is 10.2. The SMILES string of the molecule is C=CCOc1ccc(/C=C2/SC(=O)N(CC(=O)Nc3ccccc3Br)C2=O)cc1. The Labute approximate surface area is 180 Å². The summed E-state index contributed by atoms with van der Waals surface area (Å²) >= 11 is 4.15. The van der Waals surface area contributed by atoms with Crippen molar-refractivity contribution in [2.45, 2.75) is 0 Å². The molecule has 8 heteroatoms. The Kier molecular flexibility index (Phi) is 6.90. The van der Waals surface area contributed by atoms with E-state index in [1.54, 1.807) is 54.6 Å².